The van der Waals surface area contributed by atoms with Gasteiger partial charge in [-0.25, -0.2) is 4.98 Å². The molecule has 0 radical (unpaired) electrons. The number of anilines is 1. The van der Waals surface area contributed by atoms with E-state index in [1.807, 2.05) is 18.3 Å². The summed E-state index contributed by atoms with van der Waals surface area (Å²) in [6.45, 7) is 6.64. The summed E-state index contributed by atoms with van der Waals surface area (Å²) >= 11 is 0. The number of hydrogen-bond acceptors (Lipinski definition) is 4. The Bertz CT molecular complexity index is 551. The second-order valence-electron chi connectivity index (χ2n) is 5.63. The molecule has 0 saturated carbocycles. The third kappa shape index (κ3) is 2.80. The maximum Gasteiger partial charge on any atom is 0.139 e. The van der Waals surface area contributed by atoms with E-state index < -0.39 is 0 Å². The van der Waals surface area contributed by atoms with Crippen molar-refractivity contribution in [2.24, 2.45) is 5.92 Å². The number of furan rings is 1. The minimum Gasteiger partial charge on any atom is -0.464 e. The maximum atomic E-state index is 5.48. The first kappa shape index (κ1) is 13.4. The minimum atomic E-state index is 0.722. The maximum absolute atomic E-state index is 5.48. The van der Waals surface area contributed by atoms with E-state index in [2.05, 4.69) is 22.1 Å². The van der Waals surface area contributed by atoms with Crippen molar-refractivity contribution in [1.82, 2.24) is 10.3 Å². The summed E-state index contributed by atoms with van der Waals surface area (Å²) < 4.78 is 5.48. The van der Waals surface area contributed by atoms with Crippen LogP contribution < -0.4 is 10.2 Å². The normalized spacial score (nSPS) is 19.6. The summed E-state index contributed by atoms with van der Waals surface area (Å²) in [7, 11) is 0. The highest BCUT2D eigenvalue weighted by Gasteiger charge is 2.22. The van der Waals surface area contributed by atoms with E-state index in [9.17, 15) is 0 Å². The monoisotopic (exact) mass is 273 g/mol. The van der Waals surface area contributed by atoms with Crippen molar-refractivity contribution >= 4 is 16.8 Å². The number of fused-ring (bicyclic) bond motifs is 1. The van der Waals surface area contributed by atoms with Gasteiger partial charge in [0.15, 0.2) is 0 Å². The minimum absolute atomic E-state index is 0.722. The van der Waals surface area contributed by atoms with E-state index >= 15 is 0 Å². The van der Waals surface area contributed by atoms with Crippen LogP contribution in [0.2, 0.25) is 0 Å². The molecule has 1 saturated heterocycles. The van der Waals surface area contributed by atoms with Crippen LogP contribution in [-0.2, 0) is 0 Å². The summed E-state index contributed by atoms with van der Waals surface area (Å²) in [5.74, 6) is 1.80. The van der Waals surface area contributed by atoms with Crippen molar-refractivity contribution in [3.05, 3.63) is 24.6 Å². The van der Waals surface area contributed by atoms with Crippen LogP contribution in [0.15, 0.2) is 29.0 Å². The molecule has 2 aromatic heterocycles. The van der Waals surface area contributed by atoms with E-state index in [4.69, 9.17) is 4.42 Å². The lowest BCUT2D eigenvalue weighted by atomic mass is 9.97. The van der Waals surface area contributed by atoms with E-state index in [1.165, 1.54) is 19.3 Å². The molecular formula is C16H23N3O. The number of aromatic nitrogens is 1. The molecule has 3 heterocycles. The molecule has 1 unspecified atom stereocenters. The number of pyridine rings is 1. The summed E-state index contributed by atoms with van der Waals surface area (Å²) in [6.07, 6.45) is 7.36. The predicted octanol–water partition coefficient (Wildman–Crippen LogP) is 3.04. The number of hydrogen-bond donors (Lipinski definition) is 1. The quantitative estimate of drug-likeness (QED) is 0.850. The van der Waals surface area contributed by atoms with Gasteiger partial charge in [0, 0.05) is 19.3 Å². The van der Waals surface area contributed by atoms with E-state index in [0.717, 1.165) is 48.9 Å². The van der Waals surface area contributed by atoms with E-state index in [1.54, 1.807) is 6.26 Å². The van der Waals surface area contributed by atoms with Crippen molar-refractivity contribution in [1.29, 1.82) is 0 Å². The molecule has 1 atom stereocenters. The largest absolute Gasteiger partial charge is 0.464 e. The first-order chi connectivity index (χ1) is 9.88. The SMILES string of the molecule is CCCNCC1CCCN(c2nccc3occc23)C1. The molecule has 0 spiro atoms. The number of nitrogens with one attached hydrogen (secondary N) is 1. The lowest BCUT2D eigenvalue weighted by Crippen LogP contribution is -2.40. The Hall–Kier alpha value is -1.55. The zero-order valence-corrected chi connectivity index (χ0v) is 12.1. The van der Waals surface area contributed by atoms with Gasteiger partial charge in [-0.1, -0.05) is 6.92 Å². The van der Waals surface area contributed by atoms with Gasteiger partial charge in [-0.3, -0.25) is 0 Å². The smallest absolute Gasteiger partial charge is 0.139 e. The second-order valence-corrected chi connectivity index (χ2v) is 5.63. The molecule has 1 aliphatic heterocycles. The van der Waals surface area contributed by atoms with Crippen LogP contribution in [0.3, 0.4) is 0 Å². The Morgan fingerprint density at radius 2 is 2.40 bits per heavy atom. The van der Waals surface area contributed by atoms with Gasteiger partial charge in [0.2, 0.25) is 0 Å². The van der Waals surface area contributed by atoms with Crippen LogP contribution in [0.1, 0.15) is 26.2 Å². The molecule has 1 aliphatic rings. The highest BCUT2D eigenvalue weighted by atomic mass is 16.3. The zero-order valence-electron chi connectivity index (χ0n) is 12.1. The summed E-state index contributed by atoms with van der Waals surface area (Å²) in [5.41, 5.74) is 0.932. The molecule has 20 heavy (non-hydrogen) atoms. The Balaban J connectivity index is 1.71. The molecule has 108 valence electrons. The number of piperidine rings is 1. The van der Waals surface area contributed by atoms with Crippen LogP contribution in [0.5, 0.6) is 0 Å². The van der Waals surface area contributed by atoms with Crippen molar-refractivity contribution in [3.8, 4) is 0 Å². The molecule has 4 heteroatoms. The fraction of sp³-hybridized carbons (Fsp3) is 0.562. The molecule has 0 aromatic carbocycles. The second kappa shape index (κ2) is 6.27. The van der Waals surface area contributed by atoms with Gasteiger partial charge in [0.25, 0.3) is 0 Å². The van der Waals surface area contributed by atoms with E-state index in [-0.39, 0.29) is 0 Å². The molecule has 0 bridgehead atoms. The lowest BCUT2D eigenvalue weighted by molar-refractivity contribution is 0.391. The molecule has 1 fully saturated rings. The number of nitrogens with zero attached hydrogens (tertiary/aromatic N) is 2. The Labute approximate surface area is 120 Å². The van der Waals surface area contributed by atoms with Gasteiger partial charge < -0.3 is 14.6 Å². The zero-order chi connectivity index (χ0) is 13.8. The van der Waals surface area contributed by atoms with Crippen LogP contribution >= 0.6 is 0 Å². The fourth-order valence-electron chi connectivity index (χ4n) is 3.04. The molecule has 0 amide bonds. The number of rotatable bonds is 5. The summed E-state index contributed by atoms with van der Waals surface area (Å²) in [5, 5.41) is 4.68. The summed E-state index contributed by atoms with van der Waals surface area (Å²) in [6, 6.07) is 3.96. The third-order valence-electron chi connectivity index (χ3n) is 4.04. The van der Waals surface area contributed by atoms with Gasteiger partial charge in [-0.2, -0.15) is 0 Å². The third-order valence-corrected chi connectivity index (χ3v) is 4.04. The van der Waals surface area contributed by atoms with Crippen LogP contribution in [0.4, 0.5) is 5.82 Å². The van der Waals surface area contributed by atoms with Crippen LogP contribution in [-0.4, -0.2) is 31.2 Å². The van der Waals surface area contributed by atoms with Gasteiger partial charge in [0.1, 0.15) is 11.4 Å². The van der Waals surface area contributed by atoms with Crippen molar-refractivity contribution in [3.63, 3.8) is 0 Å². The Morgan fingerprint density at radius 3 is 3.30 bits per heavy atom. The molecule has 3 rings (SSSR count). The average molecular weight is 273 g/mol. The van der Waals surface area contributed by atoms with Gasteiger partial charge in [0.05, 0.1) is 11.6 Å². The first-order valence-corrected chi connectivity index (χ1v) is 7.66. The van der Waals surface area contributed by atoms with Crippen LogP contribution in [0, 0.1) is 5.92 Å². The molecular weight excluding hydrogens is 250 g/mol. The lowest BCUT2D eigenvalue weighted by Gasteiger charge is -2.34. The van der Waals surface area contributed by atoms with Crippen molar-refractivity contribution in [2.45, 2.75) is 26.2 Å². The van der Waals surface area contributed by atoms with Gasteiger partial charge in [-0.15, -0.1) is 0 Å². The molecule has 0 aliphatic carbocycles. The predicted molar refractivity (Wildman–Crippen MR) is 82.1 cm³/mol. The van der Waals surface area contributed by atoms with Crippen molar-refractivity contribution in [2.75, 3.05) is 31.1 Å². The highest BCUT2D eigenvalue weighted by Crippen LogP contribution is 2.28. The molecule has 4 nitrogen and oxygen atoms in total. The van der Waals surface area contributed by atoms with Gasteiger partial charge >= 0.3 is 0 Å². The van der Waals surface area contributed by atoms with Crippen LogP contribution in [0.25, 0.3) is 11.0 Å². The fourth-order valence-corrected chi connectivity index (χ4v) is 3.04. The highest BCUT2D eigenvalue weighted by molar-refractivity contribution is 5.88. The Morgan fingerprint density at radius 1 is 1.45 bits per heavy atom. The van der Waals surface area contributed by atoms with Crippen molar-refractivity contribution < 1.29 is 4.42 Å². The average Bonchev–Trinajstić information content (AvgIpc) is 2.96. The summed E-state index contributed by atoms with van der Waals surface area (Å²) in [4.78, 5) is 7.00. The molecule has 2 aromatic rings. The standard InChI is InChI=1S/C16H23N3O/c1-2-7-17-11-13-4-3-9-19(12-13)16-14-6-10-20-15(14)5-8-18-16/h5-6,8,10,13,17H,2-4,7,9,11-12H2,1H3. The Kier molecular flexibility index (Phi) is 4.21. The first-order valence-electron chi connectivity index (χ1n) is 7.66. The van der Waals surface area contributed by atoms with Gasteiger partial charge in [-0.05, 0) is 50.4 Å². The molecule has 1 N–H and O–H groups in total. The topological polar surface area (TPSA) is 41.3 Å². The van der Waals surface area contributed by atoms with E-state index in [0.29, 0.717) is 0 Å².